The maximum Gasteiger partial charge on any atom is 0.0522 e. The summed E-state index contributed by atoms with van der Waals surface area (Å²) in [6.45, 7) is 4.74. The van der Waals surface area contributed by atoms with Gasteiger partial charge in [0.25, 0.3) is 0 Å². The van der Waals surface area contributed by atoms with Crippen LogP contribution in [0.15, 0.2) is 12.4 Å². The number of hydrogen-bond acceptors (Lipinski definition) is 1. The van der Waals surface area contributed by atoms with Crippen LogP contribution in [0.3, 0.4) is 0 Å². The topological polar surface area (TPSA) is 28.7 Å². The smallest absolute Gasteiger partial charge is 0.0522 e. The van der Waals surface area contributed by atoms with Crippen molar-refractivity contribution >= 4 is 0 Å². The normalized spacial score (nSPS) is 34.8. The second-order valence-electron chi connectivity index (χ2n) is 4.50. The SMILES string of the molecule is CC1CCC(c2cn[nH]c2)CC1C. The van der Waals surface area contributed by atoms with Crippen molar-refractivity contribution in [2.45, 2.75) is 39.0 Å². The molecule has 1 aromatic heterocycles. The highest BCUT2D eigenvalue weighted by molar-refractivity contribution is 5.11. The molecule has 2 heteroatoms. The highest BCUT2D eigenvalue weighted by atomic mass is 15.1. The number of H-pyrrole nitrogens is 1. The fourth-order valence-electron chi connectivity index (χ4n) is 2.33. The van der Waals surface area contributed by atoms with Crippen LogP contribution < -0.4 is 0 Å². The third kappa shape index (κ3) is 1.77. The van der Waals surface area contributed by atoms with E-state index in [1.165, 1.54) is 24.8 Å². The summed E-state index contributed by atoms with van der Waals surface area (Å²) < 4.78 is 0. The molecule has 0 spiro atoms. The molecule has 1 heterocycles. The Morgan fingerprint density at radius 1 is 1.31 bits per heavy atom. The van der Waals surface area contributed by atoms with Crippen LogP contribution in [-0.2, 0) is 0 Å². The highest BCUT2D eigenvalue weighted by Gasteiger charge is 2.25. The molecule has 0 aromatic carbocycles. The van der Waals surface area contributed by atoms with E-state index >= 15 is 0 Å². The van der Waals surface area contributed by atoms with Gasteiger partial charge in [0, 0.05) is 6.20 Å². The molecule has 3 atom stereocenters. The first kappa shape index (κ1) is 8.79. The Morgan fingerprint density at radius 2 is 2.15 bits per heavy atom. The van der Waals surface area contributed by atoms with Crippen molar-refractivity contribution in [3.05, 3.63) is 18.0 Å². The number of nitrogens with one attached hydrogen (secondary N) is 1. The summed E-state index contributed by atoms with van der Waals surface area (Å²) in [5.74, 6) is 2.53. The second kappa shape index (κ2) is 3.52. The molecule has 0 radical (unpaired) electrons. The third-order valence-corrected chi connectivity index (χ3v) is 3.59. The van der Waals surface area contributed by atoms with E-state index in [-0.39, 0.29) is 0 Å². The first-order valence-electron chi connectivity index (χ1n) is 5.26. The summed E-state index contributed by atoms with van der Waals surface area (Å²) in [5, 5.41) is 6.92. The van der Waals surface area contributed by atoms with Gasteiger partial charge in [0.1, 0.15) is 0 Å². The van der Waals surface area contributed by atoms with E-state index in [1.807, 2.05) is 12.4 Å². The molecule has 3 unspecified atom stereocenters. The molecule has 1 fully saturated rings. The van der Waals surface area contributed by atoms with Crippen molar-refractivity contribution in [2.75, 3.05) is 0 Å². The van der Waals surface area contributed by atoms with Crippen LogP contribution in [-0.4, -0.2) is 10.2 Å². The maximum absolute atomic E-state index is 4.02. The van der Waals surface area contributed by atoms with Gasteiger partial charge in [0.2, 0.25) is 0 Å². The van der Waals surface area contributed by atoms with E-state index in [0.29, 0.717) is 0 Å². The zero-order chi connectivity index (χ0) is 9.26. The van der Waals surface area contributed by atoms with E-state index < -0.39 is 0 Å². The molecule has 1 aliphatic rings. The molecule has 1 aliphatic carbocycles. The van der Waals surface area contributed by atoms with Crippen LogP contribution in [0, 0.1) is 11.8 Å². The van der Waals surface area contributed by atoms with Gasteiger partial charge in [-0.2, -0.15) is 5.10 Å². The molecule has 13 heavy (non-hydrogen) atoms. The van der Waals surface area contributed by atoms with E-state index in [1.54, 1.807) is 0 Å². The Bertz CT molecular complexity index is 253. The summed E-state index contributed by atoms with van der Waals surface area (Å²) in [4.78, 5) is 0. The number of aromatic nitrogens is 2. The summed E-state index contributed by atoms with van der Waals surface area (Å²) in [5.41, 5.74) is 1.40. The monoisotopic (exact) mass is 178 g/mol. The molecule has 1 saturated carbocycles. The third-order valence-electron chi connectivity index (χ3n) is 3.59. The lowest BCUT2D eigenvalue weighted by Crippen LogP contribution is -2.19. The van der Waals surface area contributed by atoms with Crippen molar-refractivity contribution in [2.24, 2.45) is 11.8 Å². The summed E-state index contributed by atoms with van der Waals surface area (Å²) in [6, 6.07) is 0. The van der Waals surface area contributed by atoms with Crippen LogP contribution >= 0.6 is 0 Å². The quantitative estimate of drug-likeness (QED) is 0.703. The van der Waals surface area contributed by atoms with Crippen molar-refractivity contribution in [3.8, 4) is 0 Å². The molecule has 1 N–H and O–H groups in total. The first-order chi connectivity index (χ1) is 6.27. The van der Waals surface area contributed by atoms with Gasteiger partial charge < -0.3 is 0 Å². The van der Waals surface area contributed by atoms with E-state index in [0.717, 1.165) is 17.8 Å². The van der Waals surface area contributed by atoms with Crippen LogP contribution in [0.25, 0.3) is 0 Å². The molecule has 1 aromatic rings. The predicted octanol–water partition coefficient (Wildman–Crippen LogP) is 2.95. The summed E-state index contributed by atoms with van der Waals surface area (Å²) >= 11 is 0. The largest absolute Gasteiger partial charge is 0.285 e. The van der Waals surface area contributed by atoms with Gasteiger partial charge in [-0.05, 0) is 42.6 Å². The van der Waals surface area contributed by atoms with Gasteiger partial charge >= 0.3 is 0 Å². The van der Waals surface area contributed by atoms with Crippen LogP contribution in [0.4, 0.5) is 0 Å². The first-order valence-corrected chi connectivity index (χ1v) is 5.26. The Morgan fingerprint density at radius 3 is 2.77 bits per heavy atom. The van der Waals surface area contributed by atoms with Crippen LogP contribution in [0.1, 0.15) is 44.6 Å². The van der Waals surface area contributed by atoms with Gasteiger partial charge in [-0.1, -0.05) is 13.8 Å². The average molecular weight is 178 g/mol. The lowest BCUT2D eigenvalue weighted by atomic mass is 9.74. The molecule has 0 aliphatic heterocycles. The molecular formula is C11H18N2. The zero-order valence-electron chi connectivity index (χ0n) is 8.46. The highest BCUT2D eigenvalue weighted by Crippen LogP contribution is 2.38. The lowest BCUT2D eigenvalue weighted by molar-refractivity contribution is 0.250. The zero-order valence-corrected chi connectivity index (χ0v) is 8.46. The van der Waals surface area contributed by atoms with Crippen molar-refractivity contribution in [3.63, 3.8) is 0 Å². The number of rotatable bonds is 1. The van der Waals surface area contributed by atoms with Crippen molar-refractivity contribution in [1.29, 1.82) is 0 Å². The van der Waals surface area contributed by atoms with E-state index in [4.69, 9.17) is 0 Å². The fraction of sp³-hybridized carbons (Fsp3) is 0.727. The van der Waals surface area contributed by atoms with Crippen LogP contribution in [0.2, 0.25) is 0 Å². The van der Waals surface area contributed by atoms with Crippen LogP contribution in [0.5, 0.6) is 0 Å². The molecule has 72 valence electrons. The molecule has 0 bridgehead atoms. The van der Waals surface area contributed by atoms with Gasteiger partial charge in [-0.15, -0.1) is 0 Å². The second-order valence-corrected chi connectivity index (χ2v) is 4.50. The van der Waals surface area contributed by atoms with Crippen molar-refractivity contribution < 1.29 is 0 Å². The average Bonchev–Trinajstić information content (AvgIpc) is 2.62. The molecule has 2 nitrogen and oxygen atoms in total. The number of hydrogen-bond donors (Lipinski definition) is 1. The van der Waals surface area contributed by atoms with Gasteiger partial charge in [-0.3, -0.25) is 5.10 Å². The van der Waals surface area contributed by atoms with Gasteiger partial charge in [0.05, 0.1) is 6.20 Å². The Balaban J connectivity index is 2.03. The fourth-order valence-corrected chi connectivity index (χ4v) is 2.33. The maximum atomic E-state index is 4.02. The lowest BCUT2D eigenvalue weighted by Gasteiger charge is -2.31. The Hall–Kier alpha value is -0.790. The molecule has 0 saturated heterocycles. The summed E-state index contributed by atoms with van der Waals surface area (Å²) in [6.07, 6.45) is 8.07. The van der Waals surface area contributed by atoms with Crippen molar-refractivity contribution in [1.82, 2.24) is 10.2 Å². The van der Waals surface area contributed by atoms with Gasteiger partial charge in [0.15, 0.2) is 0 Å². The Kier molecular flexibility index (Phi) is 2.38. The standard InChI is InChI=1S/C11H18N2/c1-8-3-4-10(5-9(8)2)11-6-12-13-7-11/h6-10H,3-5H2,1-2H3,(H,12,13). The Labute approximate surface area is 79.7 Å². The number of aromatic amines is 1. The minimum Gasteiger partial charge on any atom is -0.285 e. The van der Waals surface area contributed by atoms with Gasteiger partial charge in [-0.25, -0.2) is 0 Å². The molecular weight excluding hydrogens is 160 g/mol. The van der Waals surface area contributed by atoms with E-state index in [9.17, 15) is 0 Å². The predicted molar refractivity (Wildman–Crippen MR) is 53.5 cm³/mol. The molecule has 2 rings (SSSR count). The molecule has 0 amide bonds. The number of nitrogens with zero attached hydrogens (tertiary/aromatic N) is 1. The van der Waals surface area contributed by atoms with E-state index in [2.05, 4.69) is 24.0 Å². The minimum atomic E-state index is 0.755. The minimum absolute atomic E-state index is 0.755. The summed E-state index contributed by atoms with van der Waals surface area (Å²) in [7, 11) is 0.